The lowest BCUT2D eigenvalue weighted by molar-refractivity contribution is -0.119. The van der Waals surface area contributed by atoms with E-state index in [1.54, 1.807) is 0 Å². The Morgan fingerprint density at radius 3 is 2.74 bits per heavy atom. The van der Waals surface area contributed by atoms with Gasteiger partial charge in [-0.15, -0.1) is 0 Å². The largest absolute Gasteiger partial charge is 0.376 e. The van der Waals surface area contributed by atoms with Gasteiger partial charge in [-0.2, -0.15) is 15.0 Å². The molecule has 1 amide bonds. The van der Waals surface area contributed by atoms with Crippen LogP contribution in [0, 0.1) is 0 Å². The van der Waals surface area contributed by atoms with E-state index in [-0.39, 0.29) is 29.7 Å². The first-order chi connectivity index (χ1) is 9.13. The molecule has 0 unspecified atom stereocenters. The smallest absolute Gasteiger partial charge is 0.230 e. The third-order valence-corrected chi connectivity index (χ3v) is 3.38. The van der Waals surface area contributed by atoms with Crippen LogP contribution in [0.1, 0.15) is 12.8 Å². The molecule has 5 N–H and O–H groups in total. The minimum absolute atomic E-state index is 0.0507. The Kier molecular flexibility index (Phi) is 4.74. The molecule has 0 spiro atoms. The highest BCUT2D eigenvalue weighted by molar-refractivity contribution is 7.99. The van der Waals surface area contributed by atoms with Crippen LogP contribution in [0.15, 0.2) is 5.16 Å². The van der Waals surface area contributed by atoms with Gasteiger partial charge in [-0.1, -0.05) is 11.8 Å². The van der Waals surface area contributed by atoms with Crippen molar-refractivity contribution in [1.29, 1.82) is 0 Å². The fraction of sp³-hybridized carbons (Fsp3) is 0.600. The van der Waals surface area contributed by atoms with Crippen LogP contribution in [0.3, 0.4) is 0 Å². The second kappa shape index (κ2) is 6.53. The van der Waals surface area contributed by atoms with Crippen molar-refractivity contribution in [3.63, 3.8) is 0 Å². The maximum Gasteiger partial charge on any atom is 0.230 e. The number of thioether (sulfide) groups is 1. The number of aromatic nitrogens is 3. The van der Waals surface area contributed by atoms with Gasteiger partial charge in [0.25, 0.3) is 0 Å². The zero-order chi connectivity index (χ0) is 13.7. The summed E-state index contributed by atoms with van der Waals surface area (Å²) in [7, 11) is 0. The summed E-state index contributed by atoms with van der Waals surface area (Å²) in [4.78, 5) is 23.0. The van der Waals surface area contributed by atoms with E-state index in [9.17, 15) is 4.79 Å². The summed E-state index contributed by atoms with van der Waals surface area (Å²) in [6, 6.07) is 0. The maximum atomic E-state index is 11.6. The molecule has 0 saturated carbocycles. The SMILES string of the molecule is Nc1nc(N)nc(SCC(=O)NC[C@H]2CCCO2)n1. The number of hydrogen-bond acceptors (Lipinski definition) is 8. The molecule has 1 aliphatic heterocycles. The van der Waals surface area contributed by atoms with Gasteiger partial charge in [0.15, 0.2) is 5.16 Å². The predicted octanol–water partition coefficient (Wildman–Crippen LogP) is -0.577. The van der Waals surface area contributed by atoms with Crippen LogP contribution >= 0.6 is 11.8 Å². The van der Waals surface area contributed by atoms with Crippen molar-refractivity contribution in [2.45, 2.75) is 24.1 Å². The normalized spacial score (nSPS) is 18.4. The van der Waals surface area contributed by atoms with E-state index in [2.05, 4.69) is 20.3 Å². The first-order valence-electron chi connectivity index (χ1n) is 5.91. The Labute approximate surface area is 114 Å². The lowest BCUT2D eigenvalue weighted by atomic mass is 10.2. The summed E-state index contributed by atoms with van der Waals surface area (Å²) in [6.45, 7) is 1.32. The number of amides is 1. The lowest BCUT2D eigenvalue weighted by Crippen LogP contribution is -2.32. The third-order valence-electron chi connectivity index (χ3n) is 2.53. The number of hydrogen-bond donors (Lipinski definition) is 3. The van der Waals surface area contributed by atoms with Crippen molar-refractivity contribution < 1.29 is 9.53 Å². The second-order valence-electron chi connectivity index (χ2n) is 4.06. The van der Waals surface area contributed by atoms with E-state index in [0.717, 1.165) is 31.2 Å². The summed E-state index contributed by atoms with van der Waals surface area (Å²) >= 11 is 1.16. The first kappa shape index (κ1) is 13.8. The molecule has 1 fully saturated rings. The quantitative estimate of drug-likeness (QED) is 0.613. The Balaban J connectivity index is 1.73. The number of rotatable bonds is 5. The molecular formula is C10H16N6O2S. The minimum Gasteiger partial charge on any atom is -0.376 e. The van der Waals surface area contributed by atoms with E-state index < -0.39 is 0 Å². The second-order valence-corrected chi connectivity index (χ2v) is 5.00. The van der Waals surface area contributed by atoms with Crippen LogP contribution in [-0.4, -0.2) is 45.9 Å². The predicted molar refractivity (Wildman–Crippen MR) is 71.4 cm³/mol. The molecule has 1 atom stereocenters. The number of carbonyl (C=O) groups excluding carboxylic acids is 1. The number of ether oxygens (including phenoxy) is 1. The Hall–Kier alpha value is -1.61. The highest BCUT2D eigenvalue weighted by Crippen LogP contribution is 2.14. The number of nitrogen functional groups attached to an aromatic ring is 2. The van der Waals surface area contributed by atoms with E-state index in [1.807, 2.05) is 0 Å². The van der Waals surface area contributed by atoms with Crippen molar-refractivity contribution in [1.82, 2.24) is 20.3 Å². The summed E-state index contributed by atoms with van der Waals surface area (Å²) in [5, 5.41) is 3.15. The van der Waals surface area contributed by atoms with Gasteiger partial charge in [-0.05, 0) is 12.8 Å². The van der Waals surface area contributed by atoms with Gasteiger partial charge in [0.05, 0.1) is 11.9 Å². The van der Waals surface area contributed by atoms with Crippen molar-refractivity contribution in [2.75, 3.05) is 30.4 Å². The highest BCUT2D eigenvalue weighted by Gasteiger charge is 2.16. The Bertz CT molecular complexity index is 431. The topological polar surface area (TPSA) is 129 Å². The van der Waals surface area contributed by atoms with Crippen LogP contribution < -0.4 is 16.8 Å². The Morgan fingerprint density at radius 2 is 2.11 bits per heavy atom. The van der Waals surface area contributed by atoms with Crippen molar-refractivity contribution in [3.8, 4) is 0 Å². The molecule has 1 aliphatic rings. The molecule has 104 valence electrons. The summed E-state index contributed by atoms with van der Waals surface area (Å²) in [5.74, 6) is 0.206. The molecule has 1 aromatic heterocycles. The first-order valence-corrected chi connectivity index (χ1v) is 6.90. The molecule has 2 heterocycles. The fourth-order valence-electron chi connectivity index (χ4n) is 1.67. The maximum absolute atomic E-state index is 11.6. The van der Waals surface area contributed by atoms with E-state index in [0.29, 0.717) is 11.7 Å². The lowest BCUT2D eigenvalue weighted by Gasteiger charge is -2.10. The van der Waals surface area contributed by atoms with Crippen LogP contribution in [0.2, 0.25) is 0 Å². The molecule has 8 nitrogen and oxygen atoms in total. The highest BCUT2D eigenvalue weighted by atomic mass is 32.2. The van der Waals surface area contributed by atoms with Crippen molar-refractivity contribution in [2.24, 2.45) is 0 Å². The van der Waals surface area contributed by atoms with Gasteiger partial charge < -0.3 is 21.5 Å². The molecule has 0 radical (unpaired) electrons. The van der Waals surface area contributed by atoms with Crippen LogP contribution in [0.4, 0.5) is 11.9 Å². The molecule has 0 aromatic carbocycles. The fourth-order valence-corrected chi connectivity index (χ4v) is 2.35. The average molecular weight is 284 g/mol. The number of nitrogens with two attached hydrogens (primary N) is 2. The van der Waals surface area contributed by atoms with Crippen molar-refractivity contribution in [3.05, 3.63) is 0 Å². The molecule has 1 aromatic rings. The number of anilines is 2. The van der Waals surface area contributed by atoms with Gasteiger partial charge in [-0.25, -0.2) is 0 Å². The molecule has 0 bridgehead atoms. The molecule has 0 aliphatic carbocycles. The summed E-state index contributed by atoms with van der Waals surface area (Å²) < 4.78 is 5.41. The van der Waals surface area contributed by atoms with Gasteiger partial charge in [0.2, 0.25) is 17.8 Å². The number of nitrogens with zero attached hydrogens (tertiary/aromatic N) is 3. The molecular weight excluding hydrogens is 268 g/mol. The van der Waals surface area contributed by atoms with E-state index in [1.165, 1.54) is 0 Å². The number of carbonyl (C=O) groups is 1. The van der Waals surface area contributed by atoms with Gasteiger partial charge >= 0.3 is 0 Å². The van der Waals surface area contributed by atoms with Gasteiger partial charge in [0, 0.05) is 13.2 Å². The third kappa shape index (κ3) is 4.52. The minimum atomic E-state index is -0.0990. The monoisotopic (exact) mass is 284 g/mol. The van der Waals surface area contributed by atoms with Crippen molar-refractivity contribution >= 4 is 29.6 Å². The van der Waals surface area contributed by atoms with E-state index >= 15 is 0 Å². The standard InChI is InChI=1S/C10H16N6O2S/c11-8-14-9(12)16-10(15-8)19-5-7(17)13-4-6-2-1-3-18-6/h6H,1-5H2,(H,13,17)(H4,11,12,14,15,16)/t6-/m1/s1. The molecule has 2 rings (SSSR count). The zero-order valence-corrected chi connectivity index (χ0v) is 11.2. The van der Waals surface area contributed by atoms with Crippen LogP contribution in [-0.2, 0) is 9.53 Å². The molecule has 19 heavy (non-hydrogen) atoms. The molecule has 9 heteroatoms. The average Bonchev–Trinajstić information content (AvgIpc) is 2.86. The molecule has 1 saturated heterocycles. The zero-order valence-electron chi connectivity index (χ0n) is 10.3. The van der Waals surface area contributed by atoms with Crippen LogP contribution in [0.25, 0.3) is 0 Å². The van der Waals surface area contributed by atoms with Gasteiger partial charge in [-0.3, -0.25) is 4.79 Å². The van der Waals surface area contributed by atoms with E-state index in [4.69, 9.17) is 16.2 Å². The van der Waals surface area contributed by atoms with Crippen LogP contribution in [0.5, 0.6) is 0 Å². The Morgan fingerprint density at radius 1 is 1.37 bits per heavy atom. The summed E-state index contributed by atoms with van der Waals surface area (Å²) in [5.41, 5.74) is 10.9. The van der Waals surface area contributed by atoms with Gasteiger partial charge in [0.1, 0.15) is 0 Å². The summed E-state index contributed by atoms with van der Waals surface area (Å²) in [6.07, 6.45) is 2.18. The number of nitrogens with one attached hydrogen (secondary N) is 1.